The molecule has 0 amide bonds. The fourth-order valence-corrected chi connectivity index (χ4v) is 4.82. The van der Waals surface area contributed by atoms with Gasteiger partial charge in [-0.2, -0.15) is 9.79 Å². The van der Waals surface area contributed by atoms with Crippen molar-refractivity contribution in [3.8, 4) is 11.5 Å². The second kappa shape index (κ2) is 7.34. The summed E-state index contributed by atoms with van der Waals surface area (Å²) in [5.41, 5.74) is 3.72. The highest BCUT2D eigenvalue weighted by Gasteiger charge is 2.40. The van der Waals surface area contributed by atoms with Crippen LogP contribution < -0.4 is 15.0 Å². The number of epoxide rings is 1. The van der Waals surface area contributed by atoms with E-state index in [0.717, 1.165) is 11.1 Å². The Bertz CT molecular complexity index is 963. The molecule has 0 aliphatic carbocycles. The van der Waals surface area contributed by atoms with E-state index in [4.69, 9.17) is 19.4 Å². The number of rotatable bonds is 5. The van der Waals surface area contributed by atoms with E-state index in [2.05, 4.69) is 5.48 Å². The predicted molar refractivity (Wildman–Crippen MR) is 99.7 cm³/mol. The van der Waals surface area contributed by atoms with Gasteiger partial charge in [-0.1, -0.05) is 12.1 Å². The SMILES string of the molecule is COc1ccc(S(=O)(=O)N2Cc3ccc(C4OC4NO)cc3O[C@H](C)C2)cc1. The molecule has 2 N–H and O–H groups in total. The van der Waals surface area contributed by atoms with Gasteiger partial charge in [-0.3, -0.25) is 0 Å². The molecule has 0 bridgehead atoms. The van der Waals surface area contributed by atoms with Crippen LogP contribution in [-0.4, -0.2) is 43.9 Å². The quantitative estimate of drug-likeness (QED) is 0.579. The number of hydroxylamine groups is 1. The molecule has 2 aromatic rings. The second-order valence-corrected chi connectivity index (χ2v) is 8.81. The molecule has 1 saturated heterocycles. The van der Waals surface area contributed by atoms with Crippen LogP contribution in [0.4, 0.5) is 0 Å². The lowest BCUT2D eigenvalue weighted by Gasteiger charge is -2.21. The van der Waals surface area contributed by atoms with Gasteiger partial charge in [0.25, 0.3) is 0 Å². The molecule has 0 aromatic heterocycles. The average molecular weight is 406 g/mol. The molecule has 0 spiro atoms. The molecule has 2 aromatic carbocycles. The third-order valence-electron chi connectivity index (χ3n) is 4.87. The third-order valence-corrected chi connectivity index (χ3v) is 6.70. The van der Waals surface area contributed by atoms with Crippen LogP contribution in [0.3, 0.4) is 0 Å². The van der Waals surface area contributed by atoms with Crippen LogP contribution >= 0.6 is 0 Å². The number of ether oxygens (including phenoxy) is 3. The predicted octanol–water partition coefficient (Wildman–Crippen LogP) is 2.04. The van der Waals surface area contributed by atoms with Crippen LogP contribution in [0.25, 0.3) is 0 Å². The fraction of sp³-hybridized carbons (Fsp3) is 0.368. The van der Waals surface area contributed by atoms with Crippen molar-refractivity contribution in [1.29, 1.82) is 0 Å². The Morgan fingerprint density at radius 2 is 1.96 bits per heavy atom. The number of hydrogen-bond donors (Lipinski definition) is 2. The summed E-state index contributed by atoms with van der Waals surface area (Å²) in [6.07, 6.45) is -0.985. The van der Waals surface area contributed by atoms with Crippen LogP contribution in [0, 0.1) is 0 Å². The summed E-state index contributed by atoms with van der Waals surface area (Å²) in [7, 11) is -2.15. The van der Waals surface area contributed by atoms with Crippen molar-refractivity contribution in [3.63, 3.8) is 0 Å². The Labute approximate surface area is 163 Å². The maximum atomic E-state index is 13.1. The Hall–Kier alpha value is -2.17. The van der Waals surface area contributed by atoms with Gasteiger partial charge in [-0.05, 0) is 42.8 Å². The van der Waals surface area contributed by atoms with Crippen molar-refractivity contribution < 1.29 is 27.8 Å². The molecule has 4 rings (SSSR count). The zero-order valence-electron chi connectivity index (χ0n) is 15.5. The summed E-state index contributed by atoms with van der Waals surface area (Å²) >= 11 is 0. The van der Waals surface area contributed by atoms with Gasteiger partial charge in [-0.25, -0.2) is 8.42 Å². The van der Waals surface area contributed by atoms with E-state index in [1.165, 1.54) is 11.4 Å². The number of nitrogens with zero attached hydrogens (tertiary/aromatic N) is 1. The number of benzene rings is 2. The molecule has 2 heterocycles. The summed E-state index contributed by atoms with van der Waals surface area (Å²) in [6, 6.07) is 11.9. The first kappa shape index (κ1) is 19.2. The highest BCUT2D eigenvalue weighted by atomic mass is 32.2. The largest absolute Gasteiger partial charge is 0.497 e. The van der Waals surface area contributed by atoms with Gasteiger partial charge in [0.2, 0.25) is 10.0 Å². The smallest absolute Gasteiger partial charge is 0.243 e. The van der Waals surface area contributed by atoms with E-state index >= 15 is 0 Å². The molecule has 3 atom stereocenters. The zero-order chi connectivity index (χ0) is 19.9. The monoisotopic (exact) mass is 406 g/mol. The van der Waals surface area contributed by atoms with Crippen molar-refractivity contribution in [2.24, 2.45) is 0 Å². The fourth-order valence-electron chi connectivity index (χ4n) is 3.33. The van der Waals surface area contributed by atoms with Gasteiger partial charge in [0.1, 0.15) is 23.7 Å². The summed E-state index contributed by atoms with van der Waals surface area (Å²) in [5, 5.41) is 8.94. The lowest BCUT2D eigenvalue weighted by molar-refractivity contribution is 0.119. The van der Waals surface area contributed by atoms with Crippen molar-refractivity contribution in [2.75, 3.05) is 13.7 Å². The first-order valence-electron chi connectivity index (χ1n) is 8.91. The van der Waals surface area contributed by atoms with Crippen molar-refractivity contribution in [2.45, 2.75) is 36.8 Å². The van der Waals surface area contributed by atoms with Gasteiger partial charge in [0.05, 0.1) is 18.6 Å². The Kier molecular flexibility index (Phi) is 5.02. The Balaban J connectivity index is 1.61. The summed E-state index contributed by atoms with van der Waals surface area (Å²) in [6.45, 7) is 2.28. The molecule has 0 radical (unpaired) electrons. The molecular weight excluding hydrogens is 384 g/mol. The van der Waals surface area contributed by atoms with Crippen molar-refractivity contribution >= 4 is 10.0 Å². The summed E-state index contributed by atoms with van der Waals surface area (Å²) < 4.78 is 44.1. The highest BCUT2D eigenvalue weighted by molar-refractivity contribution is 7.89. The van der Waals surface area contributed by atoms with E-state index in [-0.39, 0.29) is 30.2 Å². The van der Waals surface area contributed by atoms with Crippen LogP contribution in [0.2, 0.25) is 0 Å². The molecule has 8 nitrogen and oxygen atoms in total. The maximum absolute atomic E-state index is 13.1. The van der Waals surface area contributed by atoms with E-state index in [1.54, 1.807) is 24.3 Å². The van der Waals surface area contributed by atoms with Crippen molar-refractivity contribution in [1.82, 2.24) is 9.79 Å². The summed E-state index contributed by atoms with van der Waals surface area (Å²) in [4.78, 5) is 0.212. The molecule has 0 saturated carbocycles. The minimum absolute atomic E-state index is 0.210. The van der Waals surface area contributed by atoms with Gasteiger partial charge in [-0.15, -0.1) is 0 Å². The second-order valence-electron chi connectivity index (χ2n) is 6.88. The first-order valence-corrected chi connectivity index (χ1v) is 10.3. The molecular formula is C19H22N2O6S. The highest BCUT2D eigenvalue weighted by Crippen LogP contribution is 2.39. The van der Waals surface area contributed by atoms with E-state index in [9.17, 15) is 8.42 Å². The number of sulfonamides is 1. The van der Waals surface area contributed by atoms with E-state index in [1.807, 2.05) is 25.1 Å². The summed E-state index contributed by atoms with van der Waals surface area (Å²) in [5.74, 6) is 1.23. The van der Waals surface area contributed by atoms with Crippen molar-refractivity contribution in [3.05, 3.63) is 53.6 Å². The number of nitrogens with one attached hydrogen (secondary N) is 1. The van der Waals surface area contributed by atoms with Crippen LogP contribution in [-0.2, 0) is 21.3 Å². The minimum Gasteiger partial charge on any atom is -0.497 e. The van der Waals surface area contributed by atoms with Gasteiger partial charge >= 0.3 is 0 Å². The topological polar surface area (TPSA) is 101 Å². The molecule has 1 fully saturated rings. The van der Waals surface area contributed by atoms with Crippen LogP contribution in [0.5, 0.6) is 11.5 Å². The van der Waals surface area contributed by atoms with Gasteiger partial charge in [0, 0.05) is 12.1 Å². The lowest BCUT2D eigenvalue weighted by Crippen LogP contribution is -2.36. The maximum Gasteiger partial charge on any atom is 0.243 e. The van der Waals surface area contributed by atoms with Gasteiger partial charge in [0.15, 0.2) is 6.23 Å². The Morgan fingerprint density at radius 1 is 1.21 bits per heavy atom. The minimum atomic E-state index is -3.68. The third kappa shape index (κ3) is 3.59. The molecule has 2 unspecified atom stereocenters. The Morgan fingerprint density at radius 3 is 2.61 bits per heavy atom. The number of hydrogen-bond acceptors (Lipinski definition) is 7. The van der Waals surface area contributed by atoms with Gasteiger partial charge < -0.3 is 19.4 Å². The normalized spacial score (nSPS) is 24.8. The zero-order valence-corrected chi connectivity index (χ0v) is 16.3. The molecule has 28 heavy (non-hydrogen) atoms. The molecule has 2 aliphatic rings. The number of fused-ring (bicyclic) bond motifs is 1. The lowest BCUT2D eigenvalue weighted by atomic mass is 10.1. The molecule has 150 valence electrons. The standard InChI is InChI=1S/C19H22N2O6S/c1-12-10-21(28(23,24)16-7-5-15(25-2)6-8-16)11-14-4-3-13(9-17(14)26-12)18-19(20-22)27-18/h3-9,12,18-20,22H,10-11H2,1-2H3/t12-,18?,19?/m1/s1. The van der Waals surface area contributed by atoms with Crippen LogP contribution in [0.15, 0.2) is 47.4 Å². The number of methoxy groups -OCH3 is 1. The average Bonchev–Trinajstić information content (AvgIpc) is 3.49. The molecule has 2 aliphatic heterocycles. The first-order chi connectivity index (χ1) is 13.4. The van der Waals surface area contributed by atoms with E-state index in [0.29, 0.717) is 11.5 Å². The van der Waals surface area contributed by atoms with Crippen LogP contribution in [0.1, 0.15) is 24.2 Å². The van der Waals surface area contributed by atoms with E-state index < -0.39 is 16.3 Å². The molecule has 9 heteroatoms.